The van der Waals surface area contributed by atoms with Crippen LogP contribution in [0.5, 0.6) is 5.75 Å². The van der Waals surface area contributed by atoms with Crippen LogP contribution in [0.15, 0.2) is 18.2 Å². The molecule has 21 heavy (non-hydrogen) atoms. The number of carbonyl (C=O) groups is 1. The molecule has 0 N–H and O–H groups in total. The minimum absolute atomic E-state index is 0.0930. The molecule has 6 heteroatoms. The van der Waals surface area contributed by atoms with Gasteiger partial charge in [-0.2, -0.15) is 0 Å². The summed E-state index contributed by atoms with van der Waals surface area (Å²) in [6, 6.07) is 4.32. The van der Waals surface area contributed by atoms with E-state index < -0.39 is 4.92 Å². The Labute approximate surface area is 123 Å². The van der Waals surface area contributed by atoms with Gasteiger partial charge in [0.15, 0.2) is 5.78 Å². The second kappa shape index (κ2) is 7.17. The fourth-order valence-corrected chi connectivity index (χ4v) is 2.52. The molecule has 0 atom stereocenters. The lowest BCUT2D eigenvalue weighted by Crippen LogP contribution is -2.33. The van der Waals surface area contributed by atoms with Crippen molar-refractivity contribution in [2.24, 2.45) is 0 Å². The molecule has 1 aromatic carbocycles. The van der Waals surface area contributed by atoms with Crippen molar-refractivity contribution in [3.8, 4) is 5.75 Å². The predicted molar refractivity (Wildman–Crippen MR) is 78.9 cm³/mol. The zero-order valence-corrected chi connectivity index (χ0v) is 12.2. The Morgan fingerprint density at radius 3 is 2.67 bits per heavy atom. The molecule has 1 saturated heterocycles. The second-order valence-corrected chi connectivity index (χ2v) is 5.24. The first kappa shape index (κ1) is 15.4. The maximum atomic E-state index is 11.5. The van der Waals surface area contributed by atoms with Crippen molar-refractivity contribution in [1.82, 2.24) is 4.90 Å². The van der Waals surface area contributed by atoms with Gasteiger partial charge >= 0.3 is 0 Å². The van der Waals surface area contributed by atoms with Gasteiger partial charge in [-0.25, -0.2) is 0 Å². The number of ketones is 1. The van der Waals surface area contributed by atoms with Gasteiger partial charge in [-0.1, -0.05) is 6.42 Å². The van der Waals surface area contributed by atoms with E-state index in [9.17, 15) is 14.9 Å². The Kier molecular flexibility index (Phi) is 5.27. The number of benzene rings is 1. The van der Waals surface area contributed by atoms with E-state index in [1.54, 1.807) is 6.07 Å². The number of nitrogens with zero attached hydrogens (tertiary/aromatic N) is 2. The first-order chi connectivity index (χ1) is 10.1. The Balaban J connectivity index is 1.95. The number of ether oxygens (including phenoxy) is 1. The zero-order chi connectivity index (χ0) is 15.2. The quantitative estimate of drug-likeness (QED) is 0.458. The van der Waals surface area contributed by atoms with Crippen LogP contribution in [-0.2, 0) is 0 Å². The number of rotatable bonds is 6. The molecule has 0 aromatic heterocycles. The topological polar surface area (TPSA) is 72.7 Å². The van der Waals surface area contributed by atoms with Crippen LogP contribution in [0, 0.1) is 10.1 Å². The summed E-state index contributed by atoms with van der Waals surface area (Å²) in [7, 11) is 0. The number of likely N-dealkylation sites (tertiary alicyclic amines) is 1. The number of carbonyl (C=O) groups excluding carboxylic acids is 1. The van der Waals surface area contributed by atoms with Gasteiger partial charge in [-0.05, 0) is 45.0 Å². The molecule has 1 aliphatic heterocycles. The molecule has 6 nitrogen and oxygen atoms in total. The lowest BCUT2D eigenvalue weighted by molar-refractivity contribution is -0.385. The Bertz CT molecular complexity index is 524. The van der Waals surface area contributed by atoms with Gasteiger partial charge in [0.25, 0.3) is 5.69 Å². The van der Waals surface area contributed by atoms with Crippen LogP contribution in [0.3, 0.4) is 0 Å². The van der Waals surface area contributed by atoms with Crippen LogP contribution in [0.2, 0.25) is 0 Å². The summed E-state index contributed by atoms with van der Waals surface area (Å²) in [5.74, 6) is 0.172. The van der Waals surface area contributed by atoms with E-state index in [1.165, 1.54) is 38.3 Å². The summed E-state index contributed by atoms with van der Waals surface area (Å²) in [5.41, 5.74) is -0.0821. The summed E-state index contributed by atoms with van der Waals surface area (Å²) < 4.78 is 5.62. The summed E-state index contributed by atoms with van der Waals surface area (Å²) in [6.45, 7) is 4.88. The first-order valence-corrected chi connectivity index (χ1v) is 7.22. The predicted octanol–water partition coefficient (Wildman–Crippen LogP) is 2.66. The minimum Gasteiger partial charge on any atom is -0.492 e. The molecule has 0 spiro atoms. The highest BCUT2D eigenvalue weighted by atomic mass is 16.6. The molecular weight excluding hydrogens is 272 g/mol. The van der Waals surface area contributed by atoms with Gasteiger partial charge < -0.3 is 4.74 Å². The van der Waals surface area contributed by atoms with Crippen molar-refractivity contribution in [3.05, 3.63) is 33.9 Å². The molecule has 0 unspecified atom stereocenters. The van der Waals surface area contributed by atoms with Crippen molar-refractivity contribution in [1.29, 1.82) is 0 Å². The Morgan fingerprint density at radius 1 is 1.33 bits per heavy atom. The maximum Gasteiger partial charge on any atom is 0.280 e. The fraction of sp³-hybridized carbons (Fsp3) is 0.533. The Morgan fingerprint density at radius 2 is 2.05 bits per heavy atom. The fourth-order valence-electron chi connectivity index (χ4n) is 2.52. The van der Waals surface area contributed by atoms with Gasteiger partial charge in [0.2, 0.25) is 0 Å². The van der Waals surface area contributed by atoms with Crippen LogP contribution < -0.4 is 4.74 Å². The van der Waals surface area contributed by atoms with Gasteiger partial charge in [-0.3, -0.25) is 19.8 Å². The number of hydrogen-bond acceptors (Lipinski definition) is 5. The van der Waals surface area contributed by atoms with Crippen LogP contribution >= 0.6 is 0 Å². The highest BCUT2D eigenvalue weighted by molar-refractivity contribution is 5.98. The third-order valence-corrected chi connectivity index (χ3v) is 3.67. The summed E-state index contributed by atoms with van der Waals surface area (Å²) in [4.78, 5) is 24.1. The van der Waals surface area contributed by atoms with Crippen LogP contribution in [-0.4, -0.2) is 41.8 Å². The summed E-state index contributed by atoms with van der Waals surface area (Å²) in [6.07, 6.45) is 3.75. The SMILES string of the molecule is CC(=O)c1cc(OCCN2CCCCC2)ccc1[N+](=O)[O-]. The van der Waals surface area contributed by atoms with Crippen molar-refractivity contribution < 1.29 is 14.5 Å². The average molecular weight is 292 g/mol. The van der Waals surface area contributed by atoms with Crippen molar-refractivity contribution in [3.63, 3.8) is 0 Å². The van der Waals surface area contributed by atoms with E-state index in [1.807, 2.05) is 0 Å². The minimum atomic E-state index is -0.547. The number of nitro benzene ring substituents is 1. The molecule has 0 saturated carbocycles. The standard InChI is InChI=1S/C15H20N2O4/c1-12(18)14-11-13(5-6-15(14)17(19)20)21-10-9-16-7-3-2-4-8-16/h5-6,11H,2-4,7-10H2,1H3. The second-order valence-electron chi connectivity index (χ2n) is 5.24. The Hall–Kier alpha value is -1.95. The number of Topliss-reactive ketones (excluding diaryl/α,β-unsaturated/α-hetero) is 1. The monoisotopic (exact) mass is 292 g/mol. The van der Waals surface area contributed by atoms with Crippen LogP contribution in [0.4, 0.5) is 5.69 Å². The molecule has 0 bridgehead atoms. The lowest BCUT2D eigenvalue weighted by Gasteiger charge is -2.26. The molecular formula is C15H20N2O4. The summed E-state index contributed by atoms with van der Waals surface area (Å²) in [5, 5.41) is 10.9. The van der Waals surface area contributed by atoms with E-state index in [0.29, 0.717) is 12.4 Å². The molecule has 0 radical (unpaired) electrons. The molecule has 0 aliphatic carbocycles. The highest BCUT2D eigenvalue weighted by Crippen LogP contribution is 2.24. The molecule has 1 fully saturated rings. The third kappa shape index (κ3) is 4.26. The first-order valence-electron chi connectivity index (χ1n) is 7.22. The van der Waals surface area contributed by atoms with Gasteiger partial charge in [0, 0.05) is 12.6 Å². The van der Waals surface area contributed by atoms with Gasteiger partial charge in [0.1, 0.15) is 12.4 Å². The van der Waals surface area contributed by atoms with E-state index in [2.05, 4.69) is 4.90 Å². The molecule has 2 rings (SSSR count). The van der Waals surface area contributed by atoms with E-state index >= 15 is 0 Å². The van der Waals surface area contributed by atoms with Crippen molar-refractivity contribution in [2.45, 2.75) is 26.2 Å². The average Bonchev–Trinajstić information content (AvgIpc) is 2.48. The molecule has 0 amide bonds. The molecule has 1 aromatic rings. The van der Waals surface area contributed by atoms with Crippen LogP contribution in [0.1, 0.15) is 36.5 Å². The third-order valence-electron chi connectivity index (χ3n) is 3.67. The lowest BCUT2D eigenvalue weighted by atomic mass is 10.1. The highest BCUT2D eigenvalue weighted by Gasteiger charge is 2.18. The number of nitro groups is 1. The van der Waals surface area contributed by atoms with Crippen LogP contribution in [0.25, 0.3) is 0 Å². The molecule has 1 heterocycles. The summed E-state index contributed by atoms with van der Waals surface area (Å²) >= 11 is 0. The van der Waals surface area contributed by atoms with E-state index in [0.717, 1.165) is 19.6 Å². The van der Waals surface area contributed by atoms with Crippen molar-refractivity contribution >= 4 is 11.5 Å². The van der Waals surface area contributed by atoms with Gasteiger partial charge in [0.05, 0.1) is 10.5 Å². The zero-order valence-electron chi connectivity index (χ0n) is 12.2. The smallest absolute Gasteiger partial charge is 0.280 e. The van der Waals surface area contributed by atoms with E-state index in [-0.39, 0.29) is 17.0 Å². The number of piperidine rings is 1. The molecule has 1 aliphatic rings. The van der Waals surface area contributed by atoms with Crippen molar-refractivity contribution in [2.75, 3.05) is 26.2 Å². The maximum absolute atomic E-state index is 11.5. The normalized spacial score (nSPS) is 15.7. The van der Waals surface area contributed by atoms with E-state index in [4.69, 9.17) is 4.74 Å². The molecule has 114 valence electrons. The number of hydrogen-bond donors (Lipinski definition) is 0. The van der Waals surface area contributed by atoms with Gasteiger partial charge in [-0.15, -0.1) is 0 Å². The largest absolute Gasteiger partial charge is 0.492 e.